The molecule has 2 heterocycles. The van der Waals surface area contributed by atoms with Gasteiger partial charge < -0.3 is 4.57 Å². The van der Waals surface area contributed by atoms with Crippen molar-refractivity contribution in [2.24, 2.45) is 0 Å². The first-order valence-corrected chi connectivity index (χ1v) is 14.5. The smallest absolute Gasteiger partial charge is 0.0992 e. The summed E-state index contributed by atoms with van der Waals surface area (Å²) in [6.45, 7) is 0. The molecule has 7 nitrogen and oxygen atoms in total. The van der Waals surface area contributed by atoms with Gasteiger partial charge >= 0.3 is 0 Å². The van der Waals surface area contributed by atoms with E-state index >= 15 is 0 Å². The Labute approximate surface area is 269 Å². The zero-order valence-electron chi connectivity index (χ0n) is 24.6. The number of nitriles is 5. The van der Waals surface area contributed by atoms with Gasteiger partial charge in [-0.2, -0.15) is 26.3 Å². The van der Waals surface area contributed by atoms with Gasteiger partial charge in [-0.1, -0.05) is 24.3 Å². The first-order chi connectivity index (χ1) is 23.0. The fourth-order valence-corrected chi connectivity index (χ4v) is 6.02. The molecule has 0 amide bonds. The minimum absolute atomic E-state index is 0.393. The second-order valence-corrected chi connectivity index (χ2v) is 11.0. The molecular formula is C40H19N7. The summed E-state index contributed by atoms with van der Waals surface area (Å²) >= 11 is 0. The maximum Gasteiger partial charge on any atom is 0.0992 e. The summed E-state index contributed by atoms with van der Waals surface area (Å²) in [5.41, 5.74) is 9.41. The van der Waals surface area contributed by atoms with E-state index in [-0.39, 0.29) is 0 Å². The highest BCUT2D eigenvalue weighted by Gasteiger charge is 2.17. The topological polar surface area (TPSA) is 137 Å². The maximum atomic E-state index is 10.1. The van der Waals surface area contributed by atoms with Gasteiger partial charge in [-0.3, -0.25) is 4.98 Å². The van der Waals surface area contributed by atoms with Gasteiger partial charge in [0.15, 0.2) is 0 Å². The van der Waals surface area contributed by atoms with Crippen molar-refractivity contribution in [3.63, 3.8) is 0 Å². The zero-order chi connectivity index (χ0) is 32.5. The van der Waals surface area contributed by atoms with Crippen LogP contribution in [0, 0.1) is 56.7 Å². The lowest BCUT2D eigenvalue weighted by atomic mass is 9.98. The van der Waals surface area contributed by atoms with Crippen LogP contribution in [-0.2, 0) is 0 Å². The van der Waals surface area contributed by atoms with Crippen molar-refractivity contribution < 1.29 is 0 Å². The number of fused-ring (bicyclic) bond motifs is 3. The van der Waals surface area contributed by atoms with Gasteiger partial charge in [0.25, 0.3) is 0 Å². The standard InChI is InChI=1S/C40H19N7/c41-20-25-9-26(21-42)12-33(11-25)31-1-3-37-38-4-2-32(34-13-27(22-43)10-28(14-34)23-44)19-40(38)47(39(37)18-31)36-16-29(24-45)15-35(17-36)30-5-7-46-8-6-30/h1-19H. The third-order valence-electron chi connectivity index (χ3n) is 8.14. The Morgan fingerprint density at radius 2 is 0.787 bits per heavy atom. The van der Waals surface area contributed by atoms with Gasteiger partial charge in [0.1, 0.15) is 0 Å². The van der Waals surface area contributed by atoms with Crippen LogP contribution in [0.3, 0.4) is 0 Å². The molecule has 7 heteroatoms. The zero-order valence-corrected chi connectivity index (χ0v) is 24.6. The molecule has 214 valence electrons. The molecule has 0 saturated carbocycles. The lowest BCUT2D eigenvalue weighted by molar-refractivity contribution is 1.18. The molecule has 0 aliphatic heterocycles. The van der Waals surface area contributed by atoms with Crippen LogP contribution in [0.15, 0.2) is 116 Å². The number of nitrogens with zero attached hydrogens (tertiary/aromatic N) is 7. The van der Waals surface area contributed by atoms with Crippen molar-refractivity contribution in [1.29, 1.82) is 26.3 Å². The Kier molecular flexibility index (Phi) is 6.94. The van der Waals surface area contributed by atoms with E-state index in [4.69, 9.17) is 0 Å². The summed E-state index contributed by atoms with van der Waals surface area (Å²) in [4.78, 5) is 4.14. The number of benzene rings is 5. The third-order valence-corrected chi connectivity index (χ3v) is 8.14. The lowest BCUT2D eigenvalue weighted by Crippen LogP contribution is -1.97. The van der Waals surface area contributed by atoms with Gasteiger partial charge in [-0.05, 0) is 112 Å². The highest BCUT2D eigenvalue weighted by atomic mass is 15.0. The van der Waals surface area contributed by atoms with Crippen molar-refractivity contribution >= 4 is 21.8 Å². The van der Waals surface area contributed by atoms with E-state index in [1.807, 2.05) is 66.7 Å². The normalized spacial score (nSPS) is 10.4. The van der Waals surface area contributed by atoms with Gasteiger partial charge in [0, 0.05) is 28.9 Å². The van der Waals surface area contributed by atoms with Crippen LogP contribution in [0.1, 0.15) is 27.8 Å². The minimum Gasteiger partial charge on any atom is -0.309 e. The van der Waals surface area contributed by atoms with Crippen molar-refractivity contribution in [1.82, 2.24) is 9.55 Å². The summed E-state index contributed by atoms with van der Waals surface area (Å²) in [6.07, 6.45) is 3.42. The summed E-state index contributed by atoms with van der Waals surface area (Å²) in [5, 5.41) is 50.4. The second kappa shape index (κ2) is 11.5. The molecule has 0 aliphatic carbocycles. The van der Waals surface area contributed by atoms with E-state index in [1.165, 1.54) is 0 Å². The van der Waals surface area contributed by atoms with Crippen LogP contribution >= 0.6 is 0 Å². The predicted molar refractivity (Wildman–Crippen MR) is 178 cm³/mol. The molecule has 0 spiro atoms. The molecule has 0 bridgehead atoms. The molecule has 47 heavy (non-hydrogen) atoms. The van der Waals surface area contributed by atoms with E-state index in [9.17, 15) is 26.3 Å². The molecule has 7 aromatic rings. The molecule has 0 saturated heterocycles. The van der Waals surface area contributed by atoms with Gasteiger partial charge in [-0.25, -0.2) is 0 Å². The van der Waals surface area contributed by atoms with E-state index in [0.29, 0.717) is 27.8 Å². The summed E-state index contributed by atoms with van der Waals surface area (Å²) in [6, 6.07) is 42.6. The Hall–Kier alpha value is -7.50. The van der Waals surface area contributed by atoms with Crippen LogP contribution in [0.4, 0.5) is 0 Å². The van der Waals surface area contributed by atoms with Crippen LogP contribution in [0.25, 0.3) is 60.9 Å². The van der Waals surface area contributed by atoms with Gasteiger partial charge in [-0.15, -0.1) is 0 Å². The Morgan fingerprint density at radius 1 is 0.383 bits per heavy atom. The van der Waals surface area contributed by atoms with Crippen molar-refractivity contribution in [3.8, 4) is 69.4 Å². The largest absolute Gasteiger partial charge is 0.309 e. The molecule has 7 rings (SSSR count). The first-order valence-electron chi connectivity index (χ1n) is 14.5. The summed E-state index contributed by atoms with van der Waals surface area (Å²) in [7, 11) is 0. The fraction of sp³-hybridized carbons (Fsp3) is 0. The van der Waals surface area contributed by atoms with Crippen LogP contribution in [-0.4, -0.2) is 9.55 Å². The van der Waals surface area contributed by atoms with E-state index in [0.717, 1.165) is 60.9 Å². The molecule has 5 aromatic carbocycles. The predicted octanol–water partition coefficient (Wildman–Crippen LogP) is 8.54. The van der Waals surface area contributed by atoms with Crippen molar-refractivity contribution in [3.05, 3.63) is 143 Å². The fourth-order valence-electron chi connectivity index (χ4n) is 6.02. The molecule has 0 fully saturated rings. The number of hydrogen-bond acceptors (Lipinski definition) is 6. The number of rotatable bonds is 4. The molecule has 2 aromatic heterocycles. The number of aromatic nitrogens is 2. The Morgan fingerprint density at radius 3 is 1.21 bits per heavy atom. The van der Waals surface area contributed by atoms with Crippen molar-refractivity contribution in [2.75, 3.05) is 0 Å². The van der Waals surface area contributed by atoms with Gasteiger partial charge in [0.2, 0.25) is 0 Å². The average molecular weight is 598 g/mol. The number of hydrogen-bond donors (Lipinski definition) is 0. The molecule has 0 N–H and O–H groups in total. The SMILES string of the molecule is N#Cc1cc(C#N)cc(-c2ccc3c4ccc(-c5cc(C#N)cc(C#N)c5)cc4n(-c4cc(C#N)cc(-c5ccncc5)c4)c3c2)c1. The average Bonchev–Trinajstić information content (AvgIpc) is 3.47. The lowest BCUT2D eigenvalue weighted by Gasteiger charge is -2.13. The maximum absolute atomic E-state index is 10.1. The molecule has 0 atom stereocenters. The van der Waals surface area contributed by atoms with Crippen LogP contribution in [0.2, 0.25) is 0 Å². The summed E-state index contributed by atoms with van der Waals surface area (Å²) in [5.74, 6) is 0. The Balaban J connectivity index is 1.56. The highest BCUT2D eigenvalue weighted by Crippen LogP contribution is 2.38. The van der Waals surface area contributed by atoms with E-state index in [1.54, 1.807) is 48.8 Å². The van der Waals surface area contributed by atoms with Crippen molar-refractivity contribution in [2.45, 2.75) is 0 Å². The van der Waals surface area contributed by atoms with Crippen LogP contribution in [0.5, 0.6) is 0 Å². The second-order valence-electron chi connectivity index (χ2n) is 11.0. The first kappa shape index (κ1) is 28.3. The third kappa shape index (κ3) is 5.08. The van der Waals surface area contributed by atoms with E-state index in [2.05, 4.69) is 39.9 Å². The highest BCUT2D eigenvalue weighted by molar-refractivity contribution is 6.11. The molecule has 0 radical (unpaired) electrons. The molecular weight excluding hydrogens is 578 g/mol. The van der Waals surface area contributed by atoms with E-state index < -0.39 is 0 Å². The molecule has 0 aliphatic rings. The minimum atomic E-state index is 0.393. The van der Waals surface area contributed by atoms with Gasteiger partial charge in [0.05, 0.1) is 69.2 Å². The quantitative estimate of drug-likeness (QED) is 0.199. The Bertz CT molecular complexity index is 2430. The van der Waals surface area contributed by atoms with Crippen LogP contribution < -0.4 is 0 Å². The molecule has 0 unspecified atom stereocenters. The number of pyridine rings is 1. The monoisotopic (exact) mass is 597 g/mol. The summed E-state index contributed by atoms with van der Waals surface area (Å²) < 4.78 is 2.10.